The predicted octanol–water partition coefficient (Wildman–Crippen LogP) is 3.76. The monoisotopic (exact) mass is 347 g/mol. The molecule has 0 unspecified atom stereocenters. The van der Waals surface area contributed by atoms with Gasteiger partial charge in [0, 0.05) is 22.1 Å². The number of halogens is 1. The van der Waals surface area contributed by atoms with Crippen LogP contribution in [0, 0.1) is 13.8 Å². The number of hydrogen-bond donors (Lipinski definition) is 3. The molecule has 1 saturated carbocycles. The van der Waals surface area contributed by atoms with Crippen LogP contribution < -0.4 is 16.6 Å². The smallest absolute Gasteiger partial charge is 0.145 e. The van der Waals surface area contributed by atoms with Gasteiger partial charge in [0.1, 0.15) is 17.5 Å². The fourth-order valence-electron chi connectivity index (χ4n) is 2.36. The van der Waals surface area contributed by atoms with Crippen LogP contribution in [0.15, 0.2) is 22.7 Å². The molecule has 5 nitrogen and oxygen atoms in total. The molecule has 4 N–H and O–H groups in total. The number of hydrazine groups is 1. The SMILES string of the molecule is Cc1cc(Br)cc(C)c1Nc1cc(NN)nc(C2CC2)n1. The Balaban J connectivity index is 1.96. The molecule has 0 aliphatic heterocycles. The molecule has 6 heteroatoms. The molecule has 0 saturated heterocycles. The number of nitrogens with one attached hydrogen (secondary N) is 2. The molecule has 0 amide bonds. The number of anilines is 3. The molecule has 2 aromatic rings. The van der Waals surface area contributed by atoms with Gasteiger partial charge in [0.25, 0.3) is 0 Å². The quantitative estimate of drug-likeness (QED) is 0.579. The number of aryl methyl sites for hydroxylation is 2. The molecule has 0 atom stereocenters. The summed E-state index contributed by atoms with van der Waals surface area (Å²) in [5, 5.41) is 3.40. The molecule has 21 heavy (non-hydrogen) atoms. The van der Waals surface area contributed by atoms with Gasteiger partial charge in [0.05, 0.1) is 0 Å². The van der Waals surface area contributed by atoms with Crippen LogP contribution in [0.1, 0.15) is 35.7 Å². The lowest BCUT2D eigenvalue weighted by molar-refractivity contribution is 0.929. The van der Waals surface area contributed by atoms with Crippen molar-refractivity contribution in [3.8, 4) is 0 Å². The van der Waals surface area contributed by atoms with Crippen molar-refractivity contribution in [2.75, 3.05) is 10.7 Å². The Hall–Kier alpha value is -1.66. The third-order valence-corrected chi connectivity index (χ3v) is 4.04. The molecule has 1 aliphatic rings. The maximum absolute atomic E-state index is 5.51. The summed E-state index contributed by atoms with van der Waals surface area (Å²) in [6.07, 6.45) is 2.31. The fourth-order valence-corrected chi connectivity index (χ4v) is 3.05. The van der Waals surface area contributed by atoms with E-state index in [4.69, 9.17) is 5.84 Å². The van der Waals surface area contributed by atoms with E-state index >= 15 is 0 Å². The summed E-state index contributed by atoms with van der Waals surface area (Å²) in [6, 6.07) is 5.99. The minimum absolute atomic E-state index is 0.478. The first-order valence-corrected chi connectivity index (χ1v) is 7.75. The Morgan fingerprint density at radius 1 is 1.10 bits per heavy atom. The number of benzene rings is 1. The Morgan fingerprint density at radius 3 is 2.29 bits per heavy atom. The predicted molar refractivity (Wildman–Crippen MR) is 88.7 cm³/mol. The fraction of sp³-hybridized carbons (Fsp3) is 0.333. The highest BCUT2D eigenvalue weighted by Crippen LogP contribution is 2.39. The zero-order valence-electron chi connectivity index (χ0n) is 12.1. The number of nitrogens with two attached hydrogens (primary N) is 1. The summed E-state index contributed by atoms with van der Waals surface area (Å²) in [5.74, 6) is 8.26. The molecule has 1 aromatic heterocycles. The van der Waals surface area contributed by atoms with Crippen molar-refractivity contribution in [1.29, 1.82) is 0 Å². The van der Waals surface area contributed by atoms with Crippen molar-refractivity contribution >= 4 is 33.3 Å². The molecule has 3 rings (SSSR count). The van der Waals surface area contributed by atoms with Gasteiger partial charge in [0.2, 0.25) is 0 Å². The van der Waals surface area contributed by atoms with Gasteiger partial charge in [-0.2, -0.15) is 0 Å². The van der Waals surface area contributed by atoms with Gasteiger partial charge >= 0.3 is 0 Å². The third-order valence-electron chi connectivity index (χ3n) is 3.58. The van der Waals surface area contributed by atoms with Crippen molar-refractivity contribution in [2.45, 2.75) is 32.6 Å². The number of aromatic nitrogens is 2. The molecule has 1 aromatic carbocycles. The molecular formula is C15H18BrN5. The molecule has 1 heterocycles. The second-order valence-corrected chi connectivity index (χ2v) is 6.37. The lowest BCUT2D eigenvalue weighted by atomic mass is 10.1. The van der Waals surface area contributed by atoms with Gasteiger partial charge in [-0.05, 0) is 49.9 Å². The van der Waals surface area contributed by atoms with Crippen LogP contribution in [0.2, 0.25) is 0 Å². The highest BCUT2D eigenvalue weighted by atomic mass is 79.9. The Kier molecular flexibility index (Phi) is 3.82. The van der Waals surface area contributed by atoms with E-state index in [1.54, 1.807) is 0 Å². The summed E-state index contributed by atoms with van der Waals surface area (Å²) in [7, 11) is 0. The van der Waals surface area contributed by atoms with E-state index in [1.165, 1.54) is 0 Å². The minimum atomic E-state index is 0.478. The maximum Gasteiger partial charge on any atom is 0.145 e. The van der Waals surface area contributed by atoms with Crippen molar-refractivity contribution in [1.82, 2.24) is 9.97 Å². The van der Waals surface area contributed by atoms with Crippen LogP contribution in [0.5, 0.6) is 0 Å². The van der Waals surface area contributed by atoms with Crippen molar-refractivity contribution < 1.29 is 0 Å². The standard InChI is InChI=1S/C15H18BrN5/c1-8-5-11(16)6-9(2)14(8)18-12-7-13(21-17)20-15(19-12)10-3-4-10/h5-7,10H,3-4,17H2,1-2H3,(H2,18,19,20,21). The second-order valence-electron chi connectivity index (χ2n) is 5.45. The van der Waals surface area contributed by atoms with Gasteiger partial charge < -0.3 is 10.7 Å². The summed E-state index contributed by atoms with van der Waals surface area (Å²) in [4.78, 5) is 9.03. The summed E-state index contributed by atoms with van der Waals surface area (Å²) >= 11 is 3.51. The van der Waals surface area contributed by atoms with E-state index in [0.717, 1.165) is 45.8 Å². The number of rotatable bonds is 4. The zero-order chi connectivity index (χ0) is 15.0. The van der Waals surface area contributed by atoms with E-state index in [9.17, 15) is 0 Å². The first kappa shape index (κ1) is 14.3. The van der Waals surface area contributed by atoms with Crippen LogP contribution in [0.4, 0.5) is 17.3 Å². The van der Waals surface area contributed by atoms with E-state index in [2.05, 4.69) is 62.6 Å². The van der Waals surface area contributed by atoms with Gasteiger partial charge in [0.15, 0.2) is 0 Å². The highest BCUT2D eigenvalue weighted by Gasteiger charge is 2.27. The number of hydrogen-bond acceptors (Lipinski definition) is 5. The van der Waals surface area contributed by atoms with Crippen molar-refractivity contribution in [2.24, 2.45) is 5.84 Å². The average molecular weight is 348 g/mol. The van der Waals surface area contributed by atoms with Crippen LogP contribution in [0.25, 0.3) is 0 Å². The van der Waals surface area contributed by atoms with E-state index < -0.39 is 0 Å². The molecule has 1 fully saturated rings. The van der Waals surface area contributed by atoms with Gasteiger partial charge in [-0.25, -0.2) is 15.8 Å². The lowest BCUT2D eigenvalue weighted by Crippen LogP contribution is -2.11. The van der Waals surface area contributed by atoms with Crippen molar-refractivity contribution in [3.63, 3.8) is 0 Å². The summed E-state index contributed by atoms with van der Waals surface area (Å²) in [5.41, 5.74) is 6.01. The summed E-state index contributed by atoms with van der Waals surface area (Å²) < 4.78 is 1.08. The number of nitrogens with zero attached hydrogens (tertiary/aromatic N) is 2. The van der Waals surface area contributed by atoms with Crippen LogP contribution in [0.3, 0.4) is 0 Å². The average Bonchev–Trinajstić information content (AvgIpc) is 3.27. The Bertz CT molecular complexity index is 659. The molecule has 0 spiro atoms. The Labute approximate surface area is 132 Å². The van der Waals surface area contributed by atoms with Gasteiger partial charge in [-0.3, -0.25) is 0 Å². The van der Waals surface area contributed by atoms with Crippen molar-refractivity contribution in [3.05, 3.63) is 39.6 Å². The molecule has 0 radical (unpaired) electrons. The highest BCUT2D eigenvalue weighted by molar-refractivity contribution is 9.10. The topological polar surface area (TPSA) is 75.9 Å². The maximum atomic E-state index is 5.51. The van der Waals surface area contributed by atoms with Gasteiger partial charge in [-0.1, -0.05) is 15.9 Å². The van der Waals surface area contributed by atoms with E-state index in [-0.39, 0.29) is 0 Å². The molecule has 1 aliphatic carbocycles. The molecule has 0 bridgehead atoms. The minimum Gasteiger partial charge on any atom is -0.340 e. The third kappa shape index (κ3) is 3.16. The normalized spacial score (nSPS) is 14.1. The Morgan fingerprint density at radius 2 is 1.71 bits per heavy atom. The number of nitrogen functional groups attached to an aromatic ring is 1. The van der Waals surface area contributed by atoms with E-state index in [1.807, 2.05) is 6.07 Å². The molecular weight excluding hydrogens is 330 g/mol. The van der Waals surface area contributed by atoms with Crippen LogP contribution in [-0.4, -0.2) is 9.97 Å². The second kappa shape index (κ2) is 5.61. The van der Waals surface area contributed by atoms with Crippen LogP contribution >= 0.6 is 15.9 Å². The van der Waals surface area contributed by atoms with E-state index in [0.29, 0.717) is 11.7 Å². The van der Waals surface area contributed by atoms with Crippen LogP contribution in [-0.2, 0) is 0 Å². The van der Waals surface area contributed by atoms with Gasteiger partial charge in [-0.15, -0.1) is 0 Å². The first-order valence-electron chi connectivity index (χ1n) is 6.96. The molecule has 110 valence electrons. The largest absolute Gasteiger partial charge is 0.340 e. The summed E-state index contributed by atoms with van der Waals surface area (Å²) in [6.45, 7) is 4.15. The first-order chi connectivity index (χ1) is 10.1. The zero-order valence-corrected chi connectivity index (χ0v) is 13.7. The lowest BCUT2D eigenvalue weighted by Gasteiger charge is -2.14.